The van der Waals surface area contributed by atoms with E-state index in [1.54, 1.807) is 36.4 Å². The first-order valence-corrected chi connectivity index (χ1v) is 12.8. The van der Waals surface area contributed by atoms with Crippen molar-refractivity contribution < 1.29 is 28.6 Å². The SMILES string of the molecule is CCOc1ccc(N2C(=O)NC(=O)/C(=C\c3cc(Br)c(OCc4ccccc4Br)c(OC)c3)C2=O)cc1. The Morgan fingerprint density at radius 3 is 2.35 bits per heavy atom. The van der Waals surface area contributed by atoms with E-state index < -0.39 is 17.8 Å². The van der Waals surface area contributed by atoms with Gasteiger partial charge < -0.3 is 14.2 Å². The van der Waals surface area contributed by atoms with Gasteiger partial charge in [-0.1, -0.05) is 34.1 Å². The molecule has 1 saturated heterocycles. The van der Waals surface area contributed by atoms with Crippen LogP contribution in [0.15, 0.2) is 75.2 Å². The number of hydrogen-bond acceptors (Lipinski definition) is 6. The first kappa shape index (κ1) is 26.4. The van der Waals surface area contributed by atoms with E-state index in [0.717, 1.165) is 14.9 Å². The Hall–Kier alpha value is -3.63. The molecule has 190 valence electrons. The molecule has 3 aromatic rings. The van der Waals surface area contributed by atoms with Gasteiger partial charge in [-0.2, -0.15) is 0 Å². The highest BCUT2D eigenvalue weighted by Crippen LogP contribution is 2.38. The molecule has 1 aliphatic rings. The van der Waals surface area contributed by atoms with Crippen LogP contribution < -0.4 is 24.4 Å². The van der Waals surface area contributed by atoms with Crippen LogP contribution in [0.3, 0.4) is 0 Å². The largest absolute Gasteiger partial charge is 0.494 e. The Bertz CT molecular complexity index is 1390. The Balaban J connectivity index is 1.62. The lowest BCUT2D eigenvalue weighted by atomic mass is 10.1. The zero-order valence-electron chi connectivity index (χ0n) is 19.9. The van der Waals surface area contributed by atoms with Crippen LogP contribution in [0.1, 0.15) is 18.1 Å². The molecule has 0 radical (unpaired) electrons. The third-order valence-electron chi connectivity index (χ3n) is 5.40. The number of hydrogen-bond donors (Lipinski definition) is 1. The van der Waals surface area contributed by atoms with Gasteiger partial charge in [0.2, 0.25) is 0 Å². The summed E-state index contributed by atoms with van der Waals surface area (Å²) in [7, 11) is 1.49. The number of imide groups is 2. The molecule has 1 N–H and O–H groups in total. The van der Waals surface area contributed by atoms with E-state index in [1.165, 1.54) is 13.2 Å². The lowest BCUT2D eigenvalue weighted by molar-refractivity contribution is -0.122. The van der Waals surface area contributed by atoms with Gasteiger partial charge in [0.25, 0.3) is 11.8 Å². The van der Waals surface area contributed by atoms with Gasteiger partial charge >= 0.3 is 6.03 Å². The van der Waals surface area contributed by atoms with E-state index in [9.17, 15) is 14.4 Å². The minimum atomic E-state index is -0.828. The number of carbonyl (C=O) groups is 3. The van der Waals surface area contributed by atoms with E-state index in [4.69, 9.17) is 14.2 Å². The topological polar surface area (TPSA) is 94.2 Å². The first-order valence-electron chi connectivity index (χ1n) is 11.2. The number of anilines is 1. The minimum Gasteiger partial charge on any atom is -0.494 e. The average molecular weight is 630 g/mol. The molecule has 0 atom stereocenters. The van der Waals surface area contributed by atoms with E-state index >= 15 is 0 Å². The van der Waals surface area contributed by atoms with Crippen molar-refractivity contribution in [3.05, 3.63) is 86.3 Å². The van der Waals surface area contributed by atoms with Gasteiger partial charge in [0.05, 0.1) is 23.9 Å². The molecule has 0 aliphatic carbocycles. The summed E-state index contributed by atoms with van der Waals surface area (Å²) in [5.41, 5.74) is 1.55. The molecule has 3 aromatic carbocycles. The van der Waals surface area contributed by atoms with Gasteiger partial charge in [0.15, 0.2) is 11.5 Å². The smallest absolute Gasteiger partial charge is 0.335 e. The molecule has 0 spiro atoms. The molecule has 0 saturated carbocycles. The van der Waals surface area contributed by atoms with Gasteiger partial charge in [-0.25, -0.2) is 9.69 Å². The zero-order valence-corrected chi connectivity index (χ0v) is 23.1. The fourth-order valence-electron chi connectivity index (χ4n) is 3.65. The maximum absolute atomic E-state index is 13.2. The quantitative estimate of drug-likeness (QED) is 0.248. The predicted octanol–water partition coefficient (Wildman–Crippen LogP) is 5.86. The number of amides is 4. The maximum Gasteiger partial charge on any atom is 0.335 e. The zero-order chi connectivity index (χ0) is 26.5. The van der Waals surface area contributed by atoms with Crippen LogP contribution in [0.2, 0.25) is 0 Å². The monoisotopic (exact) mass is 628 g/mol. The molecule has 0 aromatic heterocycles. The van der Waals surface area contributed by atoms with E-state index in [2.05, 4.69) is 37.2 Å². The fourth-order valence-corrected chi connectivity index (χ4v) is 4.62. The van der Waals surface area contributed by atoms with E-state index in [0.29, 0.717) is 39.6 Å². The van der Waals surface area contributed by atoms with Crippen LogP contribution in [0, 0.1) is 0 Å². The molecular formula is C27H22Br2N2O6. The minimum absolute atomic E-state index is 0.204. The van der Waals surface area contributed by atoms with Gasteiger partial charge in [-0.15, -0.1) is 0 Å². The van der Waals surface area contributed by atoms with Crippen molar-refractivity contribution >= 4 is 61.5 Å². The van der Waals surface area contributed by atoms with Gasteiger partial charge in [-0.05, 0) is 77.0 Å². The van der Waals surface area contributed by atoms with Crippen molar-refractivity contribution in [3.8, 4) is 17.2 Å². The third-order valence-corrected chi connectivity index (χ3v) is 6.76. The Kier molecular flexibility index (Phi) is 8.30. The molecule has 8 nitrogen and oxygen atoms in total. The van der Waals surface area contributed by atoms with Crippen LogP contribution in [0.5, 0.6) is 17.2 Å². The summed E-state index contributed by atoms with van der Waals surface area (Å²) in [5.74, 6) is -0.0759. The Morgan fingerprint density at radius 2 is 1.68 bits per heavy atom. The van der Waals surface area contributed by atoms with Crippen molar-refractivity contribution in [1.82, 2.24) is 5.32 Å². The first-order chi connectivity index (χ1) is 17.8. The number of ether oxygens (including phenoxy) is 3. The second-order valence-corrected chi connectivity index (χ2v) is 9.51. The second-order valence-electron chi connectivity index (χ2n) is 7.80. The molecular weight excluding hydrogens is 608 g/mol. The summed E-state index contributed by atoms with van der Waals surface area (Å²) in [6.07, 6.45) is 1.40. The van der Waals surface area contributed by atoms with Crippen LogP contribution in [-0.4, -0.2) is 31.6 Å². The number of nitrogens with one attached hydrogen (secondary N) is 1. The highest BCUT2D eigenvalue weighted by atomic mass is 79.9. The molecule has 0 bridgehead atoms. The van der Waals surface area contributed by atoms with Crippen molar-refractivity contribution in [2.75, 3.05) is 18.6 Å². The van der Waals surface area contributed by atoms with E-state index in [1.807, 2.05) is 31.2 Å². The van der Waals surface area contributed by atoms with Crippen molar-refractivity contribution in [1.29, 1.82) is 0 Å². The summed E-state index contributed by atoms with van der Waals surface area (Å²) in [6.45, 7) is 2.62. The van der Waals surface area contributed by atoms with Crippen molar-refractivity contribution in [3.63, 3.8) is 0 Å². The number of rotatable bonds is 8. The van der Waals surface area contributed by atoms with Crippen LogP contribution >= 0.6 is 31.9 Å². The highest BCUT2D eigenvalue weighted by Gasteiger charge is 2.37. The number of halogens is 2. The third kappa shape index (κ3) is 5.86. The summed E-state index contributed by atoms with van der Waals surface area (Å²) < 4.78 is 18.4. The number of benzene rings is 3. The summed E-state index contributed by atoms with van der Waals surface area (Å²) in [4.78, 5) is 39.2. The predicted molar refractivity (Wildman–Crippen MR) is 146 cm³/mol. The second kappa shape index (κ2) is 11.6. The molecule has 10 heteroatoms. The molecule has 0 unspecified atom stereocenters. The lowest BCUT2D eigenvalue weighted by Gasteiger charge is -2.26. The summed E-state index contributed by atoms with van der Waals surface area (Å²) >= 11 is 7.00. The summed E-state index contributed by atoms with van der Waals surface area (Å²) in [5, 5.41) is 2.22. The van der Waals surface area contributed by atoms with Gasteiger partial charge in [-0.3, -0.25) is 14.9 Å². The summed E-state index contributed by atoms with van der Waals surface area (Å²) in [6, 6.07) is 16.7. The number of carbonyl (C=O) groups excluding carboxylic acids is 3. The number of barbiturate groups is 1. The standard InChI is InChI=1S/C27H22Br2N2O6/c1-3-36-19-10-8-18(9-11-19)31-26(33)20(25(32)30-27(31)34)12-16-13-22(29)24(23(14-16)35-2)37-15-17-6-4-5-7-21(17)28/h4-14H,3,15H2,1-2H3,(H,30,32,34)/b20-12+. The Morgan fingerprint density at radius 1 is 0.946 bits per heavy atom. The van der Waals surface area contributed by atoms with E-state index in [-0.39, 0.29) is 12.2 Å². The van der Waals surface area contributed by atoms with Crippen molar-refractivity contribution in [2.45, 2.75) is 13.5 Å². The highest BCUT2D eigenvalue weighted by molar-refractivity contribution is 9.10. The lowest BCUT2D eigenvalue weighted by Crippen LogP contribution is -2.54. The van der Waals surface area contributed by atoms with Gasteiger partial charge in [0, 0.05) is 10.0 Å². The maximum atomic E-state index is 13.2. The Labute approximate surface area is 230 Å². The fraction of sp³-hybridized carbons (Fsp3) is 0.148. The average Bonchev–Trinajstić information content (AvgIpc) is 2.87. The normalized spacial score (nSPS) is 14.5. The van der Waals surface area contributed by atoms with Crippen LogP contribution in [0.25, 0.3) is 6.08 Å². The molecule has 4 rings (SSSR count). The molecule has 4 amide bonds. The number of urea groups is 1. The van der Waals surface area contributed by atoms with Crippen LogP contribution in [-0.2, 0) is 16.2 Å². The van der Waals surface area contributed by atoms with Crippen LogP contribution in [0.4, 0.5) is 10.5 Å². The number of nitrogens with zero attached hydrogens (tertiary/aromatic N) is 1. The molecule has 1 heterocycles. The van der Waals surface area contributed by atoms with Crippen molar-refractivity contribution in [2.24, 2.45) is 0 Å². The molecule has 1 aliphatic heterocycles. The van der Waals surface area contributed by atoms with Gasteiger partial charge in [0.1, 0.15) is 17.9 Å². The molecule has 1 fully saturated rings. The molecule has 37 heavy (non-hydrogen) atoms. The number of methoxy groups -OCH3 is 1.